The molecule has 0 amide bonds. The normalized spacial score (nSPS) is 13.9. The van der Waals surface area contributed by atoms with E-state index in [0.29, 0.717) is 26.9 Å². The molecule has 0 fully saturated rings. The number of benzene rings is 5. The zero-order chi connectivity index (χ0) is 23.8. The van der Waals surface area contributed by atoms with Crippen molar-refractivity contribution in [3.8, 4) is 0 Å². The molecule has 2 heterocycles. The molecule has 34 heavy (non-hydrogen) atoms. The summed E-state index contributed by atoms with van der Waals surface area (Å²) in [5, 5.41) is 2.94. The van der Waals surface area contributed by atoms with Crippen LogP contribution in [0.5, 0.6) is 0 Å². The highest BCUT2D eigenvalue weighted by atomic mass is 35.5. The van der Waals surface area contributed by atoms with Crippen LogP contribution >= 0.6 is 46.4 Å². The molecule has 10 heteroatoms. The highest BCUT2D eigenvalue weighted by Crippen LogP contribution is 2.53. The van der Waals surface area contributed by atoms with E-state index < -0.39 is 23.2 Å². The first kappa shape index (κ1) is 20.2. The van der Waals surface area contributed by atoms with Crippen LogP contribution in [0.4, 0.5) is 0 Å². The van der Waals surface area contributed by atoms with E-state index in [1.165, 1.54) is 0 Å². The number of fused-ring (bicyclic) bond motifs is 5. The molecule has 0 bridgehead atoms. The van der Waals surface area contributed by atoms with Gasteiger partial charge in [0.25, 0.3) is 0 Å². The third-order valence-corrected chi connectivity index (χ3v) is 8.04. The number of hydrogen-bond donors (Lipinski definition) is 0. The van der Waals surface area contributed by atoms with Gasteiger partial charge in [-0.3, -0.25) is 0 Å². The molecule has 0 atom stereocenters. The Morgan fingerprint density at radius 3 is 2.03 bits per heavy atom. The Morgan fingerprint density at radius 2 is 1.26 bits per heavy atom. The second kappa shape index (κ2) is 6.29. The minimum Gasteiger partial charge on any atom is -0.386 e. The van der Waals surface area contributed by atoms with E-state index in [1.54, 1.807) is 24.3 Å². The van der Waals surface area contributed by atoms with Crippen molar-refractivity contribution in [1.29, 1.82) is 0 Å². The Kier molecular flexibility index (Phi) is 3.74. The van der Waals surface area contributed by atoms with Crippen LogP contribution in [0, 0.1) is 0 Å². The average Bonchev–Trinajstić information content (AvgIpc) is 3.08. The van der Waals surface area contributed by atoms with Crippen LogP contribution < -0.4 is 11.3 Å². The van der Waals surface area contributed by atoms with E-state index >= 15 is 0 Å². The Hall–Kier alpha value is -3.16. The summed E-state index contributed by atoms with van der Waals surface area (Å²) in [7, 11) is 0. The van der Waals surface area contributed by atoms with Crippen molar-refractivity contribution in [1.82, 2.24) is 0 Å². The predicted molar refractivity (Wildman–Crippen MR) is 131 cm³/mol. The molecule has 0 radical (unpaired) electrons. The molecule has 0 N–H and O–H groups in total. The molecular weight excluding hydrogens is 526 g/mol. The number of carbonyl (C=O) groups is 2. The van der Waals surface area contributed by atoms with Gasteiger partial charge in [-0.25, -0.2) is 19.2 Å². The van der Waals surface area contributed by atoms with Gasteiger partial charge in [-0.2, -0.15) is 0 Å². The van der Waals surface area contributed by atoms with Crippen LogP contribution in [0.1, 0.15) is 20.7 Å². The number of esters is 2. The van der Waals surface area contributed by atoms with Crippen LogP contribution in [0.25, 0.3) is 53.9 Å². The zero-order valence-electron chi connectivity index (χ0n) is 16.3. The number of ether oxygens (including phenoxy) is 1. The number of cyclic esters (lactones) is 2. The summed E-state index contributed by atoms with van der Waals surface area (Å²) in [5.41, 5.74) is -2.43. The molecule has 5 aromatic carbocycles. The van der Waals surface area contributed by atoms with Gasteiger partial charge in [0.05, 0.1) is 42.0 Å². The molecule has 0 aliphatic carbocycles. The van der Waals surface area contributed by atoms with Crippen molar-refractivity contribution >= 4 is 112 Å². The summed E-state index contributed by atoms with van der Waals surface area (Å²) in [6.45, 7) is 0. The highest BCUT2D eigenvalue weighted by molar-refractivity contribution is 6.57. The lowest BCUT2D eigenvalue weighted by molar-refractivity contribution is 0.0393. The van der Waals surface area contributed by atoms with Crippen LogP contribution in [0.2, 0.25) is 20.1 Å². The van der Waals surface area contributed by atoms with E-state index in [9.17, 15) is 19.2 Å². The topological polar surface area (TPSA) is 90.7 Å². The van der Waals surface area contributed by atoms with E-state index in [4.69, 9.17) is 55.6 Å². The lowest BCUT2D eigenvalue weighted by Gasteiger charge is -2.23. The Labute approximate surface area is 206 Å². The number of carbonyl (C=O) groups excluding carboxylic acids is 2. The number of halogens is 4. The second-order valence-corrected chi connectivity index (χ2v) is 9.47. The molecular formula is C24H4Cl4O6. The highest BCUT2D eigenvalue weighted by Gasteiger charge is 2.38. The minimum atomic E-state index is -1.10. The fourth-order valence-electron chi connectivity index (χ4n) is 5.21. The van der Waals surface area contributed by atoms with E-state index in [-0.39, 0.29) is 58.1 Å². The maximum absolute atomic E-state index is 12.9. The molecule has 0 saturated heterocycles. The van der Waals surface area contributed by atoms with Gasteiger partial charge in [0.15, 0.2) is 0 Å². The lowest BCUT2D eigenvalue weighted by atomic mass is 9.83. The quantitative estimate of drug-likeness (QED) is 0.0956. The maximum Gasteiger partial charge on any atom is 0.348 e. The number of rotatable bonds is 0. The summed E-state index contributed by atoms with van der Waals surface area (Å²) in [6.07, 6.45) is 0. The molecule has 0 saturated carbocycles. The molecule has 6 aromatic rings. The summed E-state index contributed by atoms with van der Waals surface area (Å²) in [4.78, 5) is 51.3. The SMILES string of the molecule is O=C1OC(=O)c2c3c1c(Cl)c(Cl)c1c4c(Cl)c(Cl)cc5cccc(c54)c(c4c(=O)oc(=O)c24)c31. The van der Waals surface area contributed by atoms with Gasteiger partial charge in [0.1, 0.15) is 0 Å². The summed E-state index contributed by atoms with van der Waals surface area (Å²) < 4.78 is 9.76. The summed E-state index contributed by atoms with van der Waals surface area (Å²) >= 11 is 26.4. The van der Waals surface area contributed by atoms with Crippen molar-refractivity contribution < 1.29 is 18.7 Å². The smallest absolute Gasteiger partial charge is 0.348 e. The van der Waals surface area contributed by atoms with E-state index in [2.05, 4.69) is 0 Å². The third kappa shape index (κ3) is 2.11. The van der Waals surface area contributed by atoms with Gasteiger partial charge in [-0.1, -0.05) is 64.6 Å². The van der Waals surface area contributed by atoms with Gasteiger partial charge in [0.2, 0.25) is 0 Å². The Balaban J connectivity index is 2.07. The largest absolute Gasteiger partial charge is 0.386 e. The minimum absolute atomic E-state index is 0.0414. The van der Waals surface area contributed by atoms with Crippen molar-refractivity contribution in [2.24, 2.45) is 0 Å². The van der Waals surface area contributed by atoms with Crippen molar-refractivity contribution in [3.63, 3.8) is 0 Å². The standard InChI is InChI=1S/C24H4Cl4O6/c25-7-4-5-2-1-3-6-8(5)12(18(7)26)13-10-9(6)14-16(23(31)33-21(14)29)15-11(10)17(20(28)19(13)27)24(32)34-22(15)30/h1-4H. The number of hydrogen-bond acceptors (Lipinski definition) is 6. The molecule has 1 aliphatic rings. The zero-order valence-corrected chi connectivity index (χ0v) is 19.3. The van der Waals surface area contributed by atoms with Crippen LogP contribution in [0.3, 0.4) is 0 Å². The third-order valence-electron chi connectivity index (χ3n) is 6.40. The van der Waals surface area contributed by atoms with Gasteiger partial charge in [-0.15, -0.1) is 0 Å². The van der Waals surface area contributed by atoms with Crippen LogP contribution in [-0.2, 0) is 4.74 Å². The van der Waals surface area contributed by atoms with E-state index in [1.807, 2.05) is 0 Å². The molecule has 1 aromatic heterocycles. The average molecular weight is 530 g/mol. The van der Waals surface area contributed by atoms with Gasteiger partial charge < -0.3 is 9.15 Å². The molecule has 1 aliphatic heterocycles. The first-order valence-corrected chi connectivity index (χ1v) is 11.2. The van der Waals surface area contributed by atoms with Gasteiger partial charge in [-0.05, 0) is 22.2 Å². The molecule has 0 spiro atoms. The fraction of sp³-hybridized carbons (Fsp3) is 0. The van der Waals surface area contributed by atoms with Crippen molar-refractivity contribution in [2.45, 2.75) is 0 Å². The molecule has 0 unspecified atom stereocenters. The summed E-state index contributed by atoms with van der Waals surface area (Å²) in [5.74, 6) is -2.13. The molecule has 6 nitrogen and oxygen atoms in total. The van der Waals surface area contributed by atoms with Crippen molar-refractivity contribution in [2.75, 3.05) is 0 Å². The second-order valence-electron chi connectivity index (χ2n) is 7.93. The lowest BCUT2D eigenvalue weighted by Crippen LogP contribution is -2.22. The summed E-state index contributed by atoms with van der Waals surface area (Å²) in [6, 6.07) is 6.95. The number of furan rings is 1. The van der Waals surface area contributed by atoms with Gasteiger partial charge >= 0.3 is 23.2 Å². The monoisotopic (exact) mass is 528 g/mol. The van der Waals surface area contributed by atoms with Gasteiger partial charge in [0, 0.05) is 26.9 Å². The van der Waals surface area contributed by atoms with Crippen LogP contribution in [-0.4, -0.2) is 11.9 Å². The van der Waals surface area contributed by atoms with Crippen LogP contribution in [0.15, 0.2) is 38.3 Å². The molecule has 164 valence electrons. The Bertz CT molecular complexity index is 2110. The predicted octanol–water partition coefficient (Wildman–Crippen LogP) is 6.57. The van der Waals surface area contributed by atoms with Crippen molar-refractivity contribution in [3.05, 3.63) is 76.3 Å². The first-order valence-electron chi connectivity index (χ1n) is 9.71. The van der Waals surface area contributed by atoms with E-state index in [0.717, 1.165) is 0 Å². The Morgan fingerprint density at radius 1 is 0.588 bits per heavy atom. The fourth-order valence-corrected chi connectivity index (χ4v) is 6.22. The maximum atomic E-state index is 12.9. The molecule has 7 rings (SSSR count). The first-order chi connectivity index (χ1) is 16.2.